The lowest BCUT2D eigenvalue weighted by atomic mass is 9.92. The lowest BCUT2D eigenvalue weighted by molar-refractivity contribution is -0.132. The molecule has 0 saturated carbocycles. The highest BCUT2D eigenvalue weighted by molar-refractivity contribution is 8.00. The number of carbonyl (C=O) groups is 1. The Morgan fingerprint density at radius 1 is 1.23 bits per heavy atom. The van der Waals surface area contributed by atoms with Gasteiger partial charge in [0, 0.05) is 18.8 Å². The average molecular weight is 375 g/mol. The zero-order valence-corrected chi connectivity index (χ0v) is 16.6. The molecule has 7 heteroatoms. The fraction of sp³-hybridized carbons (Fsp3) is 0.526. The number of aromatic nitrogens is 3. The first kappa shape index (κ1) is 18.8. The Kier molecular flexibility index (Phi) is 5.86. The zero-order chi connectivity index (χ0) is 18.7. The molecule has 3 atom stereocenters. The van der Waals surface area contributed by atoms with Gasteiger partial charge in [0.15, 0.2) is 5.16 Å². The Hall–Kier alpha value is -2.02. The Balaban J connectivity index is 1.70. The number of methoxy groups -OCH3 is 1. The maximum Gasteiger partial charge on any atom is 0.235 e. The van der Waals surface area contributed by atoms with Gasteiger partial charge in [-0.25, -0.2) is 0 Å². The first-order valence-corrected chi connectivity index (χ1v) is 9.85. The van der Waals surface area contributed by atoms with Gasteiger partial charge in [0.25, 0.3) is 0 Å². The third kappa shape index (κ3) is 4.20. The van der Waals surface area contributed by atoms with Crippen LogP contribution >= 0.6 is 11.8 Å². The molecule has 1 aromatic carbocycles. The Labute approximate surface area is 158 Å². The standard InChI is InChI=1S/C19H26N4O2S/c1-13-9-14(2)11-22(10-13)18(24)15(3)26-19-21-20-12-23(19)16-5-7-17(25-4)8-6-16/h5-8,12-15H,9-11H2,1-4H3/t13-,14+,15-/m1/s1. The molecular formula is C19H26N4O2S. The number of piperidine rings is 1. The molecule has 140 valence electrons. The van der Waals surface area contributed by atoms with Crippen LogP contribution in [0.4, 0.5) is 0 Å². The highest BCUT2D eigenvalue weighted by Crippen LogP contribution is 2.28. The van der Waals surface area contributed by atoms with Crippen molar-refractivity contribution in [3.63, 3.8) is 0 Å². The van der Waals surface area contributed by atoms with E-state index in [1.165, 1.54) is 18.2 Å². The van der Waals surface area contributed by atoms with Crippen molar-refractivity contribution in [3.05, 3.63) is 30.6 Å². The number of likely N-dealkylation sites (tertiary alicyclic amines) is 1. The molecule has 2 heterocycles. The number of rotatable bonds is 5. The average Bonchev–Trinajstić information content (AvgIpc) is 3.08. The number of benzene rings is 1. The number of carbonyl (C=O) groups excluding carboxylic acids is 1. The fourth-order valence-electron chi connectivity index (χ4n) is 3.53. The van der Waals surface area contributed by atoms with E-state index in [9.17, 15) is 4.79 Å². The van der Waals surface area contributed by atoms with Gasteiger partial charge in [0.2, 0.25) is 5.91 Å². The molecule has 3 rings (SSSR count). The molecule has 1 aliphatic heterocycles. The van der Waals surface area contributed by atoms with E-state index in [4.69, 9.17) is 4.74 Å². The minimum atomic E-state index is -0.200. The van der Waals surface area contributed by atoms with E-state index in [0.29, 0.717) is 17.0 Å². The highest BCUT2D eigenvalue weighted by atomic mass is 32.2. The molecule has 0 spiro atoms. The maximum absolute atomic E-state index is 12.9. The van der Waals surface area contributed by atoms with E-state index < -0.39 is 0 Å². The van der Waals surface area contributed by atoms with Crippen LogP contribution in [0.1, 0.15) is 27.2 Å². The summed E-state index contributed by atoms with van der Waals surface area (Å²) in [4.78, 5) is 14.9. The van der Waals surface area contributed by atoms with E-state index in [-0.39, 0.29) is 11.2 Å². The molecule has 26 heavy (non-hydrogen) atoms. The van der Waals surface area contributed by atoms with Gasteiger partial charge in [-0.05, 0) is 49.4 Å². The molecule has 0 unspecified atom stereocenters. The molecule has 1 amide bonds. The van der Waals surface area contributed by atoms with Crippen molar-refractivity contribution in [1.82, 2.24) is 19.7 Å². The molecule has 1 aliphatic rings. The molecular weight excluding hydrogens is 348 g/mol. The van der Waals surface area contributed by atoms with E-state index in [0.717, 1.165) is 24.5 Å². The normalized spacial score (nSPS) is 21.5. The number of thioether (sulfide) groups is 1. The maximum atomic E-state index is 12.9. The Morgan fingerprint density at radius 3 is 2.50 bits per heavy atom. The van der Waals surface area contributed by atoms with E-state index >= 15 is 0 Å². The number of amides is 1. The Bertz CT molecular complexity index is 736. The van der Waals surface area contributed by atoms with Gasteiger partial charge < -0.3 is 9.64 Å². The molecule has 0 N–H and O–H groups in total. The van der Waals surface area contributed by atoms with Gasteiger partial charge >= 0.3 is 0 Å². The van der Waals surface area contributed by atoms with Crippen molar-refractivity contribution < 1.29 is 9.53 Å². The van der Waals surface area contributed by atoms with Crippen LogP contribution < -0.4 is 4.74 Å². The summed E-state index contributed by atoms with van der Waals surface area (Å²) in [5.74, 6) is 2.09. The van der Waals surface area contributed by atoms with Crippen molar-refractivity contribution in [3.8, 4) is 11.4 Å². The summed E-state index contributed by atoms with van der Waals surface area (Å²) in [7, 11) is 1.64. The van der Waals surface area contributed by atoms with Crippen LogP contribution in [-0.2, 0) is 4.79 Å². The molecule has 0 aliphatic carbocycles. The SMILES string of the molecule is COc1ccc(-n2cnnc2S[C@H](C)C(=O)N2C[C@H](C)C[C@H](C)C2)cc1. The minimum absolute atomic E-state index is 0.178. The van der Waals surface area contributed by atoms with Crippen LogP contribution in [0.2, 0.25) is 0 Å². The van der Waals surface area contributed by atoms with E-state index in [2.05, 4.69) is 24.0 Å². The van der Waals surface area contributed by atoms with Crippen molar-refractivity contribution >= 4 is 17.7 Å². The minimum Gasteiger partial charge on any atom is -0.497 e. The molecule has 1 saturated heterocycles. The molecule has 0 bridgehead atoms. The lowest BCUT2D eigenvalue weighted by Crippen LogP contribution is -2.45. The summed E-state index contributed by atoms with van der Waals surface area (Å²) < 4.78 is 7.10. The van der Waals surface area contributed by atoms with Crippen LogP contribution in [0.25, 0.3) is 5.69 Å². The van der Waals surface area contributed by atoms with Crippen molar-refractivity contribution in [2.45, 2.75) is 37.6 Å². The highest BCUT2D eigenvalue weighted by Gasteiger charge is 2.29. The monoisotopic (exact) mass is 374 g/mol. The lowest BCUT2D eigenvalue weighted by Gasteiger charge is -2.36. The van der Waals surface area contributed by atoms with Crippen LogP contribution in [-0.4, -0.2) is 51.0 Å². The van der Waals surface area contributed by atoms with Gasteiger partial charge in [0.05, 0.1) is 12.4 Å². The predicted octanol–water partition coefficient (Wildman–Crippen LogP) is 3.26. The summed E-state index contributed by atoms with van der Waals surface area (Å²) >= 11 is 1.45. The van der Waals surface area contributed by atoms with Crippen LogP contribution in [0, 0.1) is 11.8 Å². The number of hydrogen-bond acceptors (Lipinski definition) is 5. The fourth-order valence-corrected chi connectivity index (χ4v) is 4.46. The predicted molar refractivity (Wildman–Crippen MR) is 103 cm³/mol. The van der Waals surface area contributed by atoms with Crippen molar-refractivity contribution in [2.75, 3.05) is 20.2 Å². The summed E-state index contributed by atoms with van der Waals surface area (Å²) in [5.41, 5.74) is 0.943. The van der Waals surface area contributed by atoms with Crippen LogP contribution in [0.15, 0.2) is 35.7 Å². The van der Waals surface area contributed by atoms with E-state index in [1.807, 2.05) is 40.7 Å². The van der Waals surface area contributed by atoms with Crippen LogP contribution in [0.3, 0.4) is 0 Å². The smallest absolute Gasteiger partial charge is 0.235 e. The largest absolute Gasteiger partial charge is 0.497 e. The zero-order valence-electron chi connectivity index (χ0n) is 15.8. The topological polar surface area (TPSA) is 60.2 Å². The third-order valence-electron chi connectivity index (χ3n) is 4.68. The molecule has 6 nitrogen and oxygen atoms in total. The Morgan fingerprint density at radius 2 is 1.88 bits per heavy atom. The van der Waals surface area contributed by atoms with Gasteiger partial charge in [-0.2, -0.15) is 0 Å². The second kappa shape index (κ2) is 8.12. The van der Waals surface area contributed by atoms with Gasteiger partial charge in [-0.15, -0.1) is 10.2 Å². The van der Waals surface area contributed by atoms with E-state index in [1.54, 1.807) is 13.4 Å². The van der Waals surface area contributed by atoms with Crippen molar-refractivity contribution in [1.29, 1.82) is 0 Å². The molecule has 1 fully saturated rings. The summed E-state index contributed by atoms with van der Waals surface area (Å²) in [6.07, 6.45) is 2.86. The quantitative estimate of drug-likeness (QED) is 0.752. The number of hydrogen-bond donors (Lipinski definition) is 0. The molecule has 1 aromatic heterocycles. The second-order valence-electron chi connectivity index (χ2n) is 7.13. The molecule has 2 aromatic rings. The number of nitrogens with zero attached hydrogens (tertiary/aromatic N) is 4. The van der Waals surface area contributed by atoms with Crippen LogP contribution in [0.5, 0.6) is 5.75 Å². The first-order valence-electron chi connectivity index (χ1n) is 8.97. The van der Waals surface area contributed by atoms with Gasteiger partial charge in [-0.1, -0.05) is 25.6 Å². The second-order valence-corrected chi connectivity index (χ2v) is 8.44. The van der Waals surface area contributed by atoms with Crippen molar-refractivity contribution in [2.24, 2.45) is 11.8 Å². The van der Waals surface area contributed by atoms with Gasteiger partial charge in [-0.3, -0.25) is 9.36 Å². The summed E-state index contributed by atoms with van der Waals surface area (Å²) in [6.45, 7) is 8.07. The molecule has 0 radical (unpaired) electrons. The summed E-state index contributed by atoms with van der Waals surface area (Å²) in [6, 6.07) is 7.70. The summed E-state index contributed by atoms with van der Waals surface area (Å²) in [5, 5.41) is 8.75. The number of ether oxygens (including phenoxy) is 1. The first-order chi connectivity index (χ1) is 12.5. The van der Waals surface area contributed by atoms with Gasteiger partial charge in [0.1, 0.15) is 12.1 Å². The third-order valence-corrected chi connectivity index (χ3v) is 5.72.